The first-order valence-electron chi connectivity index (χ1n) is 46.5. The van der Waals surface area contributed by atoms with Crippen LogP contribution < -0.4 is 40.6 Å². The number of nitrogens with zero attached hydrogens (tertiary/aromatic N) is 11. The summed E-state index contributed by atoms with van der Waals surface area (Å²) in [4.78, 5) is 138. The Hall–Kier alpha value is -12.9. The smallest absolute Gasteiger partial charge is 0.480 e. The number of carbonyl (C=O) groups is 10. The molecule has 8 heterocycles. The number of rotatable bonds is 24. The van der Waals surface area contributed by atoms with Crippen LogP contribution in [0.1, 0.15) is 195 Å². The topological polar surface area (TPSA) is 540 Å². The summed E-state index contributed by atoms with van der Waals surface area (Å²) in [6.45, 7) is 29.7. The number of ether oxygens (including phenoxy) is 8. The number of nitrogens with two attached hydrogens (primary N) is 1. The first-order valence-corrected chi connectivity index (χ1v) is 48.7. The van der Waals surface area contributed by atoms with Crippen molar-refractivity contribution in [3.05, 3.63) is 279 Å². The molecule has 0 radical (unpaired) electrons. The van der Waals surface area contributed by atoms with Crippen LogP contribution in [0.15, 0.2) is 213 Å². The summed E-state index contributed by atoms with van der Waals surface area (Å²) < 4.78 is 124. The van der Waals surface area contributed by atoms with E-state index in [9.17, 15) is 75.0 Å². The second-order valence-corrected chi connectivity index (χ2v) is 38.5. The summed E-state index contributed by atoms with van der Waals surface area (Å²) in [5.41, 5.74) is 22.6. The van der Waals surface area contributed by atoms with Crippen molar-refractivity contribution < 1.29 is 170 Å². The van der Waals surface area contributed by atoms with E-state index in [1.54, 1.807) is 49.5 Å². The van der Waals surface area contributed by atoms with E-state index in [-0.39, 0.29) is 179 Å². The number of carboxylic acids is 2. The number of halogens is 4. The number of hydrogen-bond donors (Lipinski definition) is 5. The molecule has 800 valence electrons. The summed E-state index contributed by atoms with van der Waals surface area (Å²) in [6.07, 6.45) is -1.55. The second kappa shape index (κ2) is 61.2. The van der Waals surface area contributed by atoms with Crippen LogP contribution in [0.3, 0.4) is 0 Å². The second-order valence-electron chi connectivity index (χ2n) is 36.9. The molecule has 5 saturated heterocycles. The van der Waals surface area contributed by atoms with E-state index < -0.39 is 94.1 Å². The van der Waals surface area contributed by atoms with E-state index in [0.717, 1.165) is 39.1 Å². The molecule has 40 nitrogen and oxygen atoms in total. The number of nitrogens with one attached hydrogen (secondary N) is 1. The van der Waals surface area contributed by atoms with Gasteiger partial charge in [0.25, 0.3) is 10.1 Å². The van der Waals surface area contributed by atoms with Gasteiger partial charge in [-0.05, 0) is 144 Å². The number of likely N-dealkylation sites (tertiary alicyclic amines) is 5. The van der Waals surface area contributed by atoms with Gasteiger partial charge in [0.1, 0.15) is 92.1 Å². The van der Waals surface area contributed by atoms with Crippen molar-refractivity contribution in [1.82, 2.24) is 44.8 Å². The Labute approximate surface area is 884 Å². The van der Waals surface area contributed by atoms with Gasteiger partial charge in [0.15, 0.2) is 0 Å². The summed E-state index contributed by atoms with van der Waals surface area (Å²) >= 11 is 4.64. The SMILES string of the molecule is CC(=O)CN.CC(=O)CNC(=O)[C@@H]1C[C@@H](OC(C)(C)C)CN1C(=O)OCc1ccccc1.CC(C)(C)O[C@@H]1C[C@@H](C(=O)O)N(C(=O)OCc2ccccc2)C1.CCl.Cc1ccc(S(=O)(=O)O[C@@H]2C[C@@H](c3ncc(C)o3)N(C(=O)OCc3ccccc3)C2)cc1.Cc1cnc([C@@H]2C[C@@H](O)CN2C(=O)OCc2ccccc2)o1.Cc1cnc([C@@H]2C[C@@H](OC(C)(C)C)CN2C(=O)OCc2ccccc2)o1.O=C(O)C(F)(F)F.[N-]=[N+]=[N-].[Na+]. The Morgan fingerprint density at radius 3 is 1.00 bits per heavy atom. The van der Waals surface area contributed by atoms with Crippen molar-refractivity contribution in [2.24, 2.45) is 5.73 Å². The molecule has 5 fully saturated rings. The van der Waals surface area contributed by atoms with Crippen molar-refractivity contribution in [1.29, 1.82) is 0 Å². The van der Waals surface area contributed by atoms with Gasteiger partial charge in [-0.25, -0.2) is 48.5 Å². The van der Waals surface area contributed by atoms with Gasteiger partial charge >= 0.3 is 78.1 Å². The van der Waals surface area contributed by atoms with Gasteiger partial charge in [0.05, 0.1) is 117 Å². The molecule has 14 rings (SSSR count). The number of benzene rings is 6. The summed E-state index contributed by atoms with van der Waals surface area (Å²) in [6, 6.07) is 50.5. The van der Waals surface area contributed by atoms with Gasteiger partial charge in [-0.2, -0.15) is 21.6 Å². The van der Waals surface area contributed by atoms with Gasteiger partial charge in [0.2, 0.25) is 23.6 Å². The Kier molecular flexibility index (Phi) is 51.9. The summed E-state index contributed by atoms with van der Waals surface area (Å²) in [7, 11) is -4.00. The number of carbonyl (C=O) groups excluding carboxylic acids is 8. The number of hydrogen-bond acceptors (Lipinski definition) is 29. The fraction of sp³-hybridized carbons (Fsp3) is 0.461. The van der Waals surface area contributed by atoms with E-state index in [1.807, 2.05) is 228 Å². The predicted molar refractivity (Wildman–Crippen MR) is 529 cm³/mol. The summed E-state index contributed by atoms with van der Waals surface area (Å²) in [5.74, 6) is -1.02. The normalized spacial score (nSPS) is 18.5. The molecular weight excluding hydrogens is 1990 g/mol. The molecule has 6 N–H and O–H groups in total. The van der Waals surface area contributed by atoms with Crippen LogP contribution in [0.5, 0.6) is 0 Å². The Morgan fingerprint density at radius 1 is 0.446 bits per heavy atom. The van der Waals surface area contributed by atoms with Crippen LogP contribution >= 0.6 is 11.6 Å². The maximum atomic E-state index is 12.9. The largest absolute Gasteiger partial charge is 1.00 e. The predicted octanol–water partition coefficient (Wildman–Crippen LogP) is 14.7. The number of aliphatic carboxylic acids is 2. The molecule has 148 heavy (non-hydrogen) atoms. The maximum absolute atomic E-state index is 12.9. The molecule has 46 heteroatoms. The van der Waals surface area contributed by atoms with E-state index in [4.69, 9.17) is 82.0 Å². The van der Waals surface area contributed by atoms with Crippen molar-refractivity contribution in [3.63, 3.8) is 0 Å². The average Bonchev–Trinajstić information content (AvgIpc) is 1.64. The molecule has 5 aliphatic rings. The van der Waals surface area contributed by atoms with E-state index in [2.05, 4.69) is 31.9 Å². The Morgan fingerprint density at radius 2 is 0.716 bits per heavy atom. The molecular formula is C102H130ClF3N13NaO27S. The molecule has 0 bridgehead atoms. The van der Waals surface area contributed by atoms with Gasteiger partial charge in [-0.1, -0.05) is 169 Å². The third kappa shape index (κ3) is 44.7. The quantitative estimate of drug-likeness (QED) is 0.00713. The number of oxazole rings is 3. The maximum Gasteiger partial charge on any atom is 1.00 e. The number of aliphatic hydroxyl groups excluding tert-OH is 1. The van der Waals surface area contributed by atoms with E-state index >= 15 is 0 Å². The molecule has 0 spiro atoms. The Bertz CT molecular complexity index is 5790. The van der Waals surface area contributed by atoms with Crippen LogP contribution in [-0.2, 0) is 109 Å². The number of β-amino-alcohol motifs (C(OH)–C–C–N with tert-alkyl or cyclic N) is 1. The fourth-order valence-corrected chi connectivity index (χ4v) is 16.0. The molecule has 10 atom stereocenters. The Balaban J connectivity index is 0.000000313. The number of alkyl halides is 4. The summed E-state index contributed by atoms with van der Waals surface area (Å²) in [5, 5.41) is 28.9. The van der Waals surface area contributed by atoms with Crippen molar-refractivity contribution in [3.8, 4) is 0 Å². The van der Waals surface area contributed by atoms with Crippen molar-refractivity contribution in [2.45, 2.75) is 258 Å². The standard InChI is InChI=1S/C23H24N2O6S.C20H28N2O5.C20H26N2O4.C17H23NO5.C16H18N2O4.C3H7NO.C2HF3O2.CH3Cl.N3.Na/c1-16-8-10-20(11-9-16)32(27,28)31-19-12-21(22-24-13-17(2)30-22)25(14-19)23(26)29-15-18-6-4-3-5-7-18;1-14(23)11-21-18(24)17-10-16(27-20(2,3)4)12-22(17)19(25)26-13-15-8-6-5-7-9-15;1-14-11-21-18(25-14)17-10-16(26-20(2,3)4)12-22(17)19(23)24-13-15-8-6-5-7-9-15;1-17(2,3)23-13-9-14(15(19)20)18(10-13)16(21)22-11-12-7-5-4-6-8-12;1-11-8-17-15(22-11)14-7-13(19)9-18(14)16(20)21-10-12-5-3-2-4-6-12;1-3(5)2-4;3-2(4,5)1(6)7;1-2;1-3-2;/h3-11,13,19,21H,12,14-15H2,1-2H3;5-9,16-17H,10-13H2,1-4H3,(H,21,24);5-9,11,16-17H,10,12-13H2,1-4H3;4-8,13-14H,9-11H2,1-3H3,(H,19,20);2-6,8,13-14,19H,7,9-10H2,1H3;2,4H2,1H3;(H,6,7);1H3;;/q;;;;;;;;-1;+1/t19-,21+;2*16-,17+;2*13-,14+;;;;;/m11111...../s1. The molecule has 3 aromatic heterocycles. The van der Waals surface area contributed by atoms with Gasteiger partial charge in [-0.15, -0.1) is 11.6 Å². The molecule has 0 unspecified atom stereocenters. The molecule has 6 amide bonds. The van der Waals surface area contributed by atoms with Gasteiger partial charge < -0.3 is 88.6 Å². The van der Waals surface area contributed by atoms with Crippen LogP contribution in [0.25, 0.3) is 16.0 Å². The zero-order valence-corrected chi connectivity index (χ0v) is 89.4. The van der Waals surface area contributed by atoms with Crippen molar-refractivity contribution >= 4 is 81.6 Å². The number of carboxylic acid groups (broad SMARTS) is 2. The van der Waals surface area contributed by atoms with Crippen molar-refractivity contribution in [2.75, 3.05) is 52.2 Å². The molecule has 5 aliphatic heterocycles. The number of aromatic nitrogens is 3. The minimum absolute atomic E-state index is 0. The van der Waals surface area contributed by atoms with Gasteiger partial charge in [-0.3, -0.25) is 48.0 Å². The number of aliphatic hydroxyl groups is 1. The molecule has 0 aliphatic carbocycles. The monoisotopic (exact) mass is 2120 g/mol. The average molecular weight is 2120 g/mol. The minimum atomic E-state index is -5.08. The van der Waals surface area contributed by atoms with Crippen LogP contribution in [0.2, 0.25) is 0 Å². The first kappa shape index (κ1) is 126. The van der Waals surface area contributed by atoms with Crippen LogP contribution in [0, 0.1) is 27.7 Å². The van der Waals surface area contributed by atoms with Gasteiger partial charge in [0, 0.05) is 38.5 Å². The van der Waals surface area contributed by atoms with Crippen LogP contribution in [0.4, 0.5) is 37.1 Å². The zero-order valence-electron chi connectivity index (χ0n) is 85.8. The molecule has 0 saturated carbocycles. The number of ketones is 2. The number of amides is 6. The van der Waals surface area contributed by atoms with E-state index in [0.29, 0.717) is 55.0 Å². The molecule has 6 aromatic carbocycles. The number of Topliss-reactive ketones (excluding diaryl/α,β-unsaturated/α-hetero) is 2. The molecule has 9 aromatic rings. The van der Waals surface area contributed by atoms with Crippen LogP contribution in [-0.4, -0.2) is 241 Å². The fourth-order valence-electron chi connectivity index (χ4n) is 14.9. The third-order valence-corrected chi connectivity index (χ3v) is 22.4. The van der Waals surface area contributed by atoms with E-state index in [1.165, 1.54) is 56.9 Å². The zero-order chi connectivity index (χ0) is 109. The third-order valence-electron chi connectivity index (χ3n) is 21.1. The number of aryl methyl sites for hydroxylation is 4. The first-order chi connectivity index (χ1) is 69.3. The minimum Gasteiger partial charge on any atom is -0.480 e.